The lowest BCUT2D eigenvalue weighted by Gasteiger charge is -2.32. The summed E-state index contributed by atoms with van der Waals surface area (Å²) in [6.45, 7) is 8.97. The van der Waals surface area contributed by atoms with E-state index < -0.39 is 5.54 Å². The summed E-state index contributed by atoms with van der Waals surface area (Å²) in [6, 6.07) is 0. The van der Waals surface area contributed by atoms with E-state index in [1.54, 1.807) is 13.8 Å². The molecule has 112 valence electrons. The van der Waals surface area contributed by atoms with Crippen molar-refractivity contribution >= 4 is 5.97 Å². The first-order valence-electron chi connectivity index (χ1n) is 7.44. The predicted octanol–water partition coefficient (Wildman–Crippen LogP) is 2.50. The summed E-state index contributed by atoms with van der Waals surface area (Å²) in [7, 11) is 0. The fourth-order valence-electron chi connectivity index (χ4n) is 2.49. The maximum atomic E-state index is 11.6. The average Bonchev–Trinajstić information content (AvgIpc) is 2.34. The molecule has 1 saturated carbocycles. The molecule has 4 heteroatoms. The van der Waals surface area contributed by atoms with Crippen molar-refractivity contribution < 1.29 is 14.3 Å². The number of nitrogens with two attached hydrogens (primary N) is 1. The van der Waals surface area contributed by atoms with Crippen LogP contribution >= 0.6 is 0 Å². The van der Waals surface area contributed by atoms with Crippen LogP contribution in [-0.2, 0) is 14.3 Å². The van der Waals surface area contributed by atoms with Gasteiger partial charge < -0.3 is 15.2 Å². The zero-order chi connectivity index (χ0) is 14.5. The molecule has 0 aromatic heterocycles. The van der Waals surface area contributed by atoms with Gasteiger partial charge in [0.1, 0.15) is 5.54 Å². The van der Waals surface area contributed by atoms with Gasteiger partial charge in [0.2, 0.25) is 0 Å². The minimum atomic E-state index is -0.941. The fourth-order valence-corrected chi connectivity index (χ4v) is 2.49. The molecule has 0 amide bonds. The molecule has 4 unspecified atom stereocenters. The van der Waals surface area contributed by atoms with E-state index >= 15 is 0 Å². The minimum Gasteiger partial charge on any atom is -0.465 e. The number of carbonyl (C=O) groups excluding carboxylic acids is 1. The largest absolute Gasteiger partial charge is 0.465 e. The summed E-state index contributed by atoms with van der Waals surface area (Å²) < 4.78 is 10.8. The van der Waals surface area contributed by atoms with Crippen molar-refractivity contribution in [3.05, 3.63) is 0 Å². The van der Waals surface area contributed by atoms with Gasteiger partial charge in [-0.1, -0.05) is 13.8 Å². The van der Waals surface area contributed by atoms with E-state index in [-0.39, 0.29) is 5.97 Å². The Morgan fingerprint density at radius 2 is 2.00 bits per heavy atom. The molecule has 2 N–H and O–H groups in total. The number of hydrogen-bond donors (Lipinski definition) is 1. The Kier molecular flexibility index (Phi) is 6.27. The van der Waals surface area contributed by atoms with Crippen LogP contribution in [0.5, 0.6) is 0 Å². The van der Waals surface area contributed by atoms with Crippen LogP contribution in [0.25, 0.3) is 0 Å². The summed E-state index contributed by atoms with van der Waals surface area (Å²) in [5.74, 6) is 1.16. The Bertz CT molecular complexity index is 291. The standard InChI is InChI=1S/C15H29NO3/c1-5-18-14(17)15(4,16)8-9-19-13-7-6-11(2)12(3)10-13/h11-13H,5-10,16H2,1-4H3. The number of ether oxygens (including phenoxy) is 2. The number of carbonyl (C=O) groups is 1. The smallest absolute Gasteiger partial charge is 0.325 e. The van der Waals surface area contributed by atoms with E-state index in [1.165, 1.54) is 6.42 Å². The molecule has 1 aliphatic carbocycles. The van der Waals surface area contributed by atoms with Crippen LogP contribution in [0.15, 0.2) is 0 Å². The van der Waals surface area contributed by atoms with E-state index in [2.05, 4.69) is 13.8 Å². The van der Waals surface area contributed by atoms with Crippen LogP contribution < -0.4 is 5.73 Å². The monoisotopic (exact) mass is 271 g/mol. The Balaban J connectivity index is 2.28. The molecule has 4 atom stereocenters. The summed E-state index contributed by atoms with van der Waals surface area (Å²) in [5, 5.41) is 0. The molecule has 0 aliphatic heterocycles. The number of hydrogen-bond acceptors (Lipinski definition) is 4. The normalized spacial score (nSPS) is 30.7. The number of rotatable bonds is 6. The van der Waals surface area contributed by atoms with Crippen molar-refractivity contribution in [2.45, 2.75) is 65.0 Å². The third-order valence-electron chi connectivity index (χ3n) is 4.27. The molecule has 1 aliphatic rings. The van der Waals surface area contributed by atoms with E-state index in [1.807, 2.05) is 0 Å². The maximum Gasteiger partial charge on any atom is 0.325 e. The predicted molar refractivity (Wildman–Crippen MR) is 75.8 cm³/mol. The van der Waals surface area contributed by atoms with Crippen molar-refractivity contribution in [2.75, 3.05) is 13.2 Å². The second-order valence-corrected chi connectivity index (χ2v) is 6.15. The van der Waals surface area contributed by atoms with Crippen LogP contribution in [0.4, 0.5) is 0 Å². The highest BCUT2D eigenvalue weighted by Crippen LogP contribution is 2.31. The van der Waals surface area contributed by atoms with Crippen LogP contribution in [0.2, 0.25) is 0 Å². The Labute approximate surface area is 117 Å². The average molecular weight is 271 g/mol. The number of esters is 1. The summed E-state index contributed by atoms with van der Waals surface area (Å²) in [6.07, 6.45) is 4.29. The van der Waals surface area contributed by atoms with Gasteiger partial charge in [0.25, 0.3) is 0 Å². The van der Waals surface area contributed by atoms with Gasteiger partial charge in [-0.15, -0.1) is 0 Å². The molecule has 0 aromatic carbocycles. The third kappa shape index (κ3) is 5.11. The summed E-state index contributed by atoms with van der Waals surface area (Å²) >= 11 is 0. The molecule has 1 rings (SSSR count). The molecule has 1 fully saturated rings. The molecular formula is C15H29NO3. The molecule has 4 nitrogen and oxygen atoms in total. The van der Waals surface area contributed by atoms with E-state index in [0.717, 1.165) is 18.8 Å². The van der Waals surface area contributed by atoms with Gasteiger partial charge in [0.05, 0.1) is 12.7 Å². The second-order valence-electron chi connectivity index (χ2n) is 6.15. The Morgan fingerprint density at radius 1 is 1.32 bits per heavy atom. The highest BCUT2D eigenvalue weighted by atomic mass is 16.5. The molecule has 0 bridgehead atoms. The molecule has 0 saturated heterocycles. The quantitative estimate of drug-likeness (QED) is 0.754. The van der Waals surface area contributed by atoms with Crippen LogP contribution in [0, 0.1) is 11.8 Å². The van der Waals surface area contributed by atoms with E-state index in [9.17, 15) is 4.79 Å². The van der Waals surface area contributed by atoms with Gasteiger partial charge in [-0.05, 0) is 51.4 Å². The molecule has 19 heavy (non-hydrogen) atoms. The lowest BCUT2D eigenvalue weighted by Crippen LogP contribution is -2.47. The first kappa shape index (κ1) is 16.4. The third-order valence-corrected chi connectivity index (χ3v) is 4.27. The van der Waals surface area contributed by atoms with Gasteiger partial charge in [0.15, 0.2) is 0 Å². The van der Waals surface area contributed by atoms with Gasteiger partial charge in [-0.3, -0.25) is 4.79 Å². The fraction of sp³-hybridized carbons (Fsp3) is 0.933. The SMILES string of the molecule is CCOC(=O)C(C)(N)CCOC1CCC(C)C(C)C1. The van der Waals surface area contributed by atoms with Gasteiger partial charge >= 0.3 is 5.97 Å². The summed E-state index contributed by atoms with van der Waals surface area (Å²) in [4.78, 5) is 11.6. The maximum absolute atomic E-state index is 11.6. The highest BCUT2D eigenvalue weighted by molar-refractivity contribution is 5.79. The minimum absolute atomic E-state index is 0.323. The topological polar surface area (TPSA) is 61.5 Å². The zero-order valence-electron chi connectivity index (χ0n) is 12.8. The van der Waals surface area contributed by atoms with Crippen LogP contribution in [0.3, 0.4) is 0 Å². The Hall–Kier alpha value is -0.610. The summed E-state index contributed by atoms with van der Waals surface area (Å²) in [5.41, 5.74) is 5.02. The Morgan fingerprint density at radius 3 is 2.58 bits per heavy atom. The van der Waals surface area contributed by atoms with Gasteiger partial charge in [-0.25, -0.2) is 0 Å². The van der Waals surface area contributed by atoms with Crippen molar-refractivity contribution in [1.29, 1.82) is 0 Å². The van der Waals surface area contributed by atoms with Gasteiger partial charge in [-0.2, -0.15) is 0 Å². The van der Waals surface area contributed by atoms with Crippen molar-refractivity contribution in [3.63, 3.8) is 0 Å². The van der Waals surface area contributed by atoms with Crippen molar-refractivity contribution in [2.24, 2.45) is 17.6 Å². The van der Waals surface area contributed by atoms with Crippen molar-refractivity contribution in [1.82, 2.24) is 0 Å². The zero-order valence-corrected chi connectivity index (χ0v) is 12.8. The van der Waals surface area contributed by atoms with Crippen LogP contribution in [-0.4, -0.2) is 30.8 Å². The van der Waals surface area contributed by atoms with Crippen molar-refractivity contribution in [3.8, 4) is 0 Å². The van der Waals surface area contributed by atoms with Crippen LogP contribution in [0.1, 0.15) is 53.4 Å². The molecule has 0 heterocycles. The molecule has 0 aromatic rings. The first-order chi connectivity index (χ1) is 8.86. The van der Waals surface area contributed by atoms with E-state index in [0.29, 0.717) is 31.7 Å². The van der Waals surface area contributed by atoms with Gasteiger partial charge in [0, 0.05) is 6.61 Å². The van der Waals surface area contributed by atoms with E-state index in [4.69, 9.17) is 15.2 Å². The lowest BCUT2D eigenvalue weighted by molar-refractivity contribution is -0.150. The molecular weight excluding hydrogens is 242 g/mol. The highest BCUT2D eigenvalue weighted by Gasteiger charge is 2.31. The second kappa shape index (κ2) is 7.25. The molecule has 0 spiro atoms. The molecule has 0 radical (unpaired) electrons. The first-order valence-corrected chi connectivity index (χ1v) is 7.44. The lowest BCUT2D eigenvalue weighted by atomic mass is 9.80.